The van der Waals surface area contributed by atoms with Crippen molar-refractivity contribution in [1.82, 2.24) is 5.48 Å². The normalized spacial score (nSPS) is 10.1. The highest BCUT2D eigenvalue weighted by molar-refractivity contribution is 7.15. The number of rotatable bonds is 5. The van der Waals surface area contributed by atoms with E-state index in [0.717, 1.165) is 16.9 Å². The van der Waals surface area contributed by atoms with Crippen LogP contribution in [0.2, 0.25) is 0 Å². The first-order chi connectivity index (χ1) is 9.70. The molecule has 6 heteroatoms. The van der Waals surface area contributed by atoms with Crippen LogP contribution < -0.4 is 5.48 Å². The molecule has 5 nitrogen and oxygen atoms in total. The molecule has 1 heterocycles. The van der Waals surface area contributed by atoms with Gasteiger partial charge in [0.1, 0.15) is 4.88 Å². The van der Waals surface area contributed by atoms with Crippen LogP contribution >= 0.6 is 11.3 Å². The smallest absolute Gasteiger partial charge is 0.348 e. The molecule has 0 saturated heterocycles. The Bertz CT molecular complexity index is 594. The lowest BCUT2D eigenvalue weighted by molar-refractivity contribution is 0.0237. The number of thiophene rings is 1. The van der Waals surface area contributed by atoms with Crippen LogP contribution in [-0.4, -0.2) is 19.0 Å². The van der Waals surface area contributed by atoms with Crippen molar-refractivity contribution in [1.29, 1.82) is 0 Å². The number of hydrogen-bond acceptors (Lipinski definition) is 5. The van der Waals surface area contributed by atoms with E-state index in [1.165, 1.54) is 7.11 Å². The van der Waals surface area contributed by atoms with E-state index in [-0.39, 0.29) is 12.5 Å². The molecule has 0 spiro atoms. The molecule has 1 amide bonds. The van der Waals surface area contributed by atoms with Gasteiger partial charge < -0.3 is 4.74 Å². The third-order valence-electron chi connectivity index (χ3n) is 2.46. The van der Waals surface area contributed by atoms with E-state index in [9.17, 15) is 9.59 Å². The number of ether oxygens (including phenoxy) is 1. The van der Waals surface area contributed by atoms with Gasteiger partial charge in [0.15, 0.2) is 0 Å². The fraction of sp³-hybridized carbons (Fsp3) is 0.143. The van der Waals surface area contributed by atoms with Crippen LogP contribution in [0, 0.1) is 0 Å². The highest BCUT2D eigenvalue weighted by Crippen LogP contribution is 2.17. The lowest BCUT2D eigenvalue weighted by Crippen LogP contribution is -2.22. The van der Waals surface area contributed by atoms with E-state index in [0.29, 0.717) is 9.75 Å². The van der Waals surface area contributed by atoms with E-state index in [1.807, 2.05) is 30.3 Å². The van der Waals surface area contributed by atoms with Gasteiger partial charge >= 0.3 is 5.97 Å². The Hall–Kier alpha value is -2.18. The first-order valence-corrected chi connectivity index (χ1v) is 6.66. The van der Waals surface area contributed by atoms with Gasteiger partial charge in [-0.05, 0) is 17.7 Å². The van der Waals surface area contributed by atoms with E-state index in [2.05, 4.69) is 10.2 Å². The van der Waals surface area contributed by atoms with Crippen LogP contribution in [0.15, 0.2) is 42.5 Å². The minimum absolute atomic E-state index is 0.280. The third kappa shape index (κ3) is 3.66. The largest absolute Gasteiger partial charge is 0.465 e. The Morgan fingerprint density at radius 3 is 2.50 bits per heavy atom. The molecule has 2 rings (SSSR count). The lowest BCUT2D eigenvalue weighted by atomic mass is 10.2. The van der Waals surface area contributed by atoms with Crippen LogP contribution in [0.25, 0.3) is 0 Å². The summed E-state index contributed by atoms with van der Waals surface area (Å²) in [6, 6.07) is 12.6. The maximum Gasteiger partial charge on any atom is 0.348 e. The van der Waals surface area contributed by atoms with Crippen molar-refractivity contribution in [2.75, 3.05) is 7.11 Å². The molecule has 20 heavy (non-hydrogen) atoms. The fourth-order valence-electron chi connectivity index (χ4n) is 1.48. The second-order valence-corrected chi connectivity index (χ2v) is 4.94. The second kappa shape index (κ2) is 6.83. The zero-order valence-electron chi connectivity index (χ0n) is 10.8. The number of amides is 1. The first-order valence-electron chi connectivity index (χ1n) is 5.85. The Labute approximate surface area is 120 Å². The monoisotopic (exact) mass is 291 g/mol. The van der Waals surface area contributed by atoms with E-state index < -0.39 is 5.97 Å². The maximum atomic E-state index is 11.8. The predicted molar refractivity (Wildman–Crippen MR) is 74.4 cm³/mol. The van der Waals surface area contributed by atoms with Crippen molar-refractivity contribution in [3.8, 4) is 0 Å². The summed E-state index contributed by atoms with van der Waals surface area (Å²) >= 11 is 1.05. The standard InChI is InChI=1S/C14H13NO4S/c1-18-14(17)12-8-7-11(20-12)13(16)15-19-9-10-5-3-2-4-6-10/h2-8H,9H2,1H3,(H,15,16). The van der Waals surface area contributed by atoms with E-state index in [4.69, 9.17) is 4.84 Å². The molecule has 0 aliphatic heterocycles. The van der Waals surface area contributed by atoms with Gasteiger partial charge in [0.25, 0.3) is 5.91 Å². The zero-order valence-corrected chi connectivity index (χ0v) is 11.6. The van der Waals surface area contributed by atoms with Gasteiger partial charge in [-0.3, -0.25) is 9.63 Å². The number of esters is 1. The summed E-state index contributed by atoms with van der Waals surface area (Å²) in [5.41, 5.74) is 3.29. The van der Waals surface area contributed by atoms with Crippen molar-refractivity contribution in [3.05, 3.63) is 57.8 Å². The lowest BCUT2D eigenvalue weighted by Gasteiger charge is -2.04. The van der Waals surface area contributed by atoms with Gasteiger partial charge in [0.05, 0.1) is 18.6 Å². The molecular formula is C14H13NO4S. The topological polar surface area (TPSA) is 64.6 Å². The highest BCUT2D eigenvalue weighted by Gasteiger charge is 2.13. The van der Waals surface area contributed by atoms with Crippen LogP contribution in [0.4, 0.5) is 0 Å². The first kappa shape index (κ1) is 14.2. The number of nitrogens with one attached hydrogen (secondary N) is 1. The third-order valence-corrected chi connectivity index (χ3v) is 3.53. The molecule has 0 atom stereocenters. The molecule has 2 aromatic rings. The predicted octanol–water partition coefficient (Wildman–Crippen LogP) is 2.40. The molecule has 0 bridgehead atoms. The summed E-state index contributed by atoms with van der Waals surface area (Å²) in [4.78, 5) is 28.9. The molecule has 0 saturated carbocycles. The molecule has 1 aromatic heterocycles. The summed E-state index contributed by atoms with van der Waals surface area (Å²) < 4.78 is 4.58. The van der Waals surface area contributed by atoms with Crippen molar-refractivity contribution in [3.63, 3.8) is 0 Å². The Morgan fingerprint density at radius 2 is 1.80 bits per heavy atom. The minimum atomic E-state index is -0.459. The molecule has 1 aromatic carbocycles. The SMILES string of the molecule is COC(=O)c1ccc(C(=O)NOCc2ccccc2)s1. The maximum absolute atomic E-state index is 11.8. The molecule has 0 aliphatic rings. The molecule has 0 radical (unpaired) electrons. The molecule has 0 aliphatic carbocycles. The zero-order chi connectivity index (χ0) is 14.4. The average molecular weight is 291 g/mol. The van der Waals surface area contributed by atoms with Crippen molar-refractivity contribution in [2.45, 2.75) is 6.61 Å². The molecule has 0 fully saturated rings. The van der Waals surface area contributed by atoms with Gasteiger partial charge in [0.2, 0.25) is 0 Å². The Balaban J connectivity index is 1.86. The number of hydroxylamine groups is 1. The average Bonchev–Trinajstić information content (AvgIpc) is 2.97. The van der Waals surface area contributed by atoms with E-state index in [1.54, 1.807) is 12.1 Å². The van der Waals surface area contributed by atoms with Crippen LogP contribution in [0.1, 0.15) is 24.9 Å². The number of hydrogen-bond donors (Lipinski definition) is 1. The Kier molecular flexibility index (Phi) is 4.86. The fourth-order valence-corrected chi connectivity index (χ4v) is 2.29. The van der Waals surface area contributed by atoms with Gasteiger partial charge in [0, 0.05) is 0 Å². The molecule has 1 N–H and O–H groups in total. The summed E-state index contributed by atoms with van der Waals surface area (Å²) in [6.07, 6.45) is 0. The van der Waals surface area contributed by atoms with Crippen LogP contribution in [-0.2, 0) is 16.2 Å². The van der Waals surface area contributed by atoms with Crippen LogP contribution in [0.3, 0.4) is 0 Å². The molecule has 0 unspecified atom stereocenters. The van der Waals surface area contributed by atoms with Gasteiger partial charge in [-0.25, -0.2) is 10.3 Å². The van der Waals surface area contributed by atoms with Crippen molar-refractivity contribution < 1.29 is 19.2 Å². The minimum Gasteiger partial charge on any atom is -0.465 e. The highest BCUT2D eigenvalue weighted by atomic mass is 32.1. The number of carbonyl (C=O) groups excluding carboxylic acids is 2. The number of benzene rings is 1. The van der Waals surface area contributed by atoms with Crippen LogP contribution in [0.5, 0.6) is 0 Å². The molecule has 104 valence electrons. The Morgan fingerprint density at radius 1 is 1.10 bits per heavy atom. The number of carbonyl (C=O) groups is 2. The second-order valence-electron chi connectivity index (χ2n) is 3.86. The van der Waals surface area contributed by atoms with Crippen molar-refractivity contribution >= 4 is 23.2 Å². The summed E-state index contributed by atoms with van der Waals surface area (Å²) in [5.74, 6) is -0.847. The quantitative estimate of drug-likeness (QED) is 0.678. The van der Waals surface area contributed by atoms with Gasteiger partial charge in [-0.15, -0.1) is 11.3 Å². The van der Waals surface area contributed by atoms with E-state index >= 15 is 0 Å². The number of methoxy groups -OCH3 is 1. The van der Waals surface area contributed by atoms with Gasteiger partial charge in [-0.2, -0.15) is 0 Å². The summed E-state index contributed by atoms with van der Waals surface area (Å²) in [5, 5.41) is 0. The van der Waals surface area contributed by atoms with Gasteiger partial charge in [-0.1, -0.05) is 30.3 Å². The summed E-state index contributed by atoms with van der Waals surface area (Å²) in [6.45, 7) is 0.280. The molecular weight excluding hydrogens is 278 g/mol. The summed E-state index contributed by atoms with van der Waals surface area (Å²) in [7, 11) is 1.30. The van der Waals surface area contributed by atoms with Crippen molar-refractivity contribution in [2.24, 2.45) is 0 Å².